The first-order chi connectivity index (χ1) is 8.66. The predicted octanol–water partition coefficient (Wildman–Crippen LogP) is 2.63. The standard InChI is InChI=1S/C16H24N2/c1-13(15-7-5-4-6-8-15)11-17-16-9-10-18(3)12-14(16)2/h4-8,14,16-17H,1,9-12H2,2-3H3. The first kappa shape index (κ1) is 13.3. The number of likely N-dealkylation sites (tertiary alicyclic amines) is 1. The fourth-order valence-electron chi connectivity index (χ4n) is 2.69. The van der Waals surface area contributed by atoms with E-state index in [0.717, 1.165) is 6.54 Å². The Labute approximate surface area is 111 Å². The molecule has 1 aliphatic heterocycles. The molecule has 0 saturated carbocycles. The van der Waals surface area contributed by atoms with Gasteiger partial charge >= 0.3 is 0 Å². The van der Waals surface area contributed by atoms with Crippen molar-refractivity contribution in [2.75, 3.05) is 26.7 Å². The molecular weight excluding hydrogens is 220 g/mol. The SMILES string of the molecule is C=C(CNC1CCN(C)CC1C)c1ccccc1. The Morgan fingerprint density at radius 1 is 1.39 bits per heavy atom. The van der Waals surface area contributed by atoms with E-state index in [1.807, 2.05) is 6.07 Å². The lowest BCUT2D eigenvalue weighted by Crippen LogP contribution is -2.47. The summed E-state index contributed by atoms with van der Waals surface area (Å²) in [5.74, 6) is 0.715. The molecule has 0 aliphatic carbocycles. The van der Waals surface area contributed by atoms with Crippen molar-refractivity contribution < 1.29 is 0 Å². The zero-order valence-electron chi connectivity index (χ0n) is 11.5. The van der Waals surface area contributed by atoms with Crippen LogP contribution in [0.2, 0.25) is 0 Å². The Hall–Kier alpha value is -1.12. The number of benzene rings is 1. The Morgan fingerprint density at radius 3 is 2.78 bits per heavy atom. The molecule has 0 radical (unpaired) electrons. The van der Waals surface area contributed by atoms with Crippen LogP contribution in [0, 0.1) is 5.92 Å². The van der Waals surface area contributed by atoms with E-state index in [-0.39, 0.29) is 0 Å². The Bertz CT molecular complexity index is 385. The number of nitrogens with one attached hydrogen (secondary N) is 1. The Morgan fingerprint density at radius 2 is 2.11 bits per heavy atom. The van der Waals surface area contributed by atoms with Crippen molar-refractivity contribution >= 4 is 5.57 Å². The smallest absolute Gasteiger partial charge is 0.0208 e. The van der Waals surface area contributed by atoms with Crippen LogP contribution < -0.4 is 5.32 Å². The van der Waals surface area contributed by atoms with Crippen LogP contribution in [-0.2, 0) is 0 Å². The van der Waals surface area contributed by atoms with Crippen LogP contribution in [0.5, 0.6) is 0 Å². The minimum absolute atomic E-state index is 0.627. The molecule has 1 aromatic rings. The molecule has 1 aliphatic rings. The molecule has 1 N–H and O–H groups in total. The van der Waals surface area contributed by atoms with Gasteiger partial charge in [0.15, 0.2) is 0 Å². The van der Waals surface area contributed by atoms with E-state index in [9.17, 15) is 0 Å². The lowest BCUT2D eigenvalue weighted by molar-refractivity contribution is 0.178. The van der Waals surface area contributed by atoms with Crippen LogP contribution in [0.15, 0.2) is 36.9 Å². The van der Waals surface area contributed by atoms with Gasteiger partial charge in [-0.1, -0.05) is 43.8 Å². The fraction of sp³-hybridized carbons (Fsp3) is 0.500. The summed E-state index contributed by atoms with van der Waals surface area (Å²) in [5, 5.41) is 3.66. The average molecular weight is 244 g/mol. The molecule has 2 heteroatoms. The maximum Gasteiger partial charge on any atom is 0.0208 e. The zero-order chi connectivity index (χ0) is 13.0. The molecule has 1 fully saturated rings. The highest BCUT2D eigenvalue weighted by atomic mass is 15.1. The highest BCUT2D eigenvalue weighted by Gasteiger charge is 2.23. The minimum Gasteiger partial charge on any atom is -0.310 e. The quantitative estimate of drug-likeness (QED) is 0.876. The minimum atomic E-state index is 0.627. The third kappa shape index (κ3) is 3.44. The maximum absolute atomic E-state index is 4.18. The molecule has 0 amide bonds. The van der Waals surface area contributed by atoms with Gasteiger partial charge in [-0.25, -0.2) is 0 Å². The summed E-state index contributed by atoms with van der Waals surface area (Å²) in [6, 6.07) is 11.1. The number of hydrogen-bond acceptors (Lipinski definition) is 2. The lowest BCUT2D eigenvalue weighted by Gasteiger charge is -2.35. The Balaban J connectivity index is 1.83. The van der Waals surface area contributed by atoms with E-state index >= 15 is 0 Å². The Kier molecular flexibility index (Phi) is 4.56. The summed E-state index contributed by atoms with van der Waals surface area (Å²) in [6.45, 7) is 9.78. The van der Waals surface area contributed by atoms with E-state index in [1.54, 1.807) is 0 Å². The highest BCUT2D eigenvalue weighted by Crippen LogP contribution is 2.17. The number of nitrogens with zero attached hydrogens (tertiary/aromatic N) is 1. The number of hydrogen-bond donors (Lipinski definition) is 1. The molecule has 2 atom stereocenters. The van der Waals surface area contributed by atoms with Gasteiger partial charge in [0.25, 0.3) is 0 Å². The zero-order valence-corrected chi connectivity index (χ0v) is 11.5. The first-order valence-corrected chi connectivity index (χ1v) is 6.82. The van der Waals surface area contributed by atoms with Crippen molar-refractivity contribution in [1.29, 1.82) is 0 Å². The lowest BCUT2D eigenvalue weighted by atomic mass is 9.94. The molecule has 98 valence electrons. The van der Waals surface area contributed by atoms with Gasteiger partial charge in [-0.15, -0.1) is 0 Å². The van der Waals surface area contributed by atoms with Gasteiger partial charge in [0.05, 0.1) is 0 Å². The summed E-state index contributed by atoms with van der Waals surface area (Å²) in [5.41, 5.74) is 2.42. The molecule has 0 aromatic heterocycles. The summed E-state index contributed by atoms with van der Waals surface area (Å²) in [7, 11) is 2.20. The summed E-state index contributed by atoms with van der Waals surface area (Å²) >= 11 is 0. The number of rotatable bonds is 4. The fourth-order valence-corrected chi connectivity index (χ4v) is 2.69. The first-order valence-electron chi connectivity index (χ1n) is 6.82. The van der Waals surface area contributed by atoms with Crippen LogP contribution in [0.4, 0.5) is 0 Å². The second-order valence-electron chi connectivity index (χ2n) is 5.49. The third-order valence-electron chi connectivity index (χ3n) is 3.87. The second-order valence-corrected chi connectivity index (χ2v) is 5.49. The molecule has 2 rings (SSSR count). The van der Waals surface area contributed by atoms with Crippen LogP contribution in [-0.4, -0.2) is 37.6 Å². The van der Waals surface area contributed by atoms with Gasteiger partial charge in [0, 0.05) is 19.1 Å². The summed E-state index contributed by atoms with van der Waals surface area (Å²) in [4.78, 5) is 2.41. The van der Waals surface area contributed by atoms with Crippen LogP contribution >= 0.6 is 0 Å². The van der Waals surface area contributed by atoms with Crippen molar-refractivity contribution in [1.82, 2.24) is 10.2 Å². The van der Waals surface area contributed by atoms with Gasteiger partial charge in [-0.3, -0.25) is 0 Å². The summed E-state index contributed by atoms with van der Waals surface area (Å²) in [6.07, 6.45) is 1.24. The normalized spacial score (nSPS) is 25.0. The molecule has 0 bridgehead atoms. The van der Waals surface area contributed by atoms with E-state index < -0.39 is 0 Å². The van der Waals surface area contributed by atoms with E-state index in [0.29, 0.717) is 12.0 Å². The topological polar surface area (TPSA) is 15.3 Å². The molecule has 1 aromatic carbocycles. The predicted molar refractivity (Wildman–Crippen MR) is 78.5 cm³/mol. The molecule has 2 nitrogen and oxygen atoms in total. The molecule has 18 heavy (non-hydrogen) atoms. The van der Waals surface area contributed by atoms with Gasteiger partial charge < -0.3 is 10.2 Å². The van der Waals surface area contributed by atoms with E-state index in [1.165, 1.54) is 30.6 Å². The highest BCUT2D eigenvalue weighted by molar-refractivity contribution is 5.64. The van der Waals surface area contributed by atoms with Crippen molar-refractivity contribution in [2.45, 2.75) is 19.4 Å². The van der Waals surface area contributed by atoms with Crippen molar-refractivity contribution in [3.8, 4) is 0 Å². The summed E-state index contributed by atoms with van der Waals surface area (Å²) < 4.78 is 0. The van der Waals surface area contributed by atoms with Crippen LogP contribution in [0.3, 0.4) is 0 Å². The van der Waals surface area contributed by atoms with Gasteiger partial charge in [-0.2, -0.15) is 0 Å². The van der Waals surface area contributed by atoms with Gasteiger partial charge in [0.1, 0.15) is 0 Å². The largest absolute Gasteiger partial charge is 0.310 e. The molecule has 2 unspecified atom stereocenters. The van der Waals surface area contributed by atoms with Crippen LogP contribution in [0.25, 0.3) is 5.57 Å². The monoisotopic (exact) mass is 244 g/mol. The van der Waals surface area contributed by atoms with Crippen LogP contribution in [0.1, 0.15) is 18.9 Å². The van der Waals surface area contributed by atoms with E-state index in [2.05, 4.69) is 55.0 Å². The number of piperidine rings is 1. The second kappa shape index (κ2) is 6.17. The maximum atomic E-state index is 4.18. The third-order valence-corrected chi connectivity index (χ3v) is 3.87. The molecule has 1 saturated heterocycles. The van der Waals surface area contributed by atoms with Gasteiger partial charge in [0.2, 0.25) is 0 Å². The molecule has 1 heterocycles. The van der Waals surface area contributed by atoms with Crippen molar-refractivity contribution in [3.63, 3.8) is 0 Å². The van der Waals surface area contributed by atoms with Gasteiger partial charge in [-0.05, 0) is 37.1 Å². The average Bonchev–Trinajstić information content (AvgIpc) is 2.38. The van der Waals surface area contributed by atoms with Crippen molar-refractivity contribution in [3.05, 3.63) is 42.5 Å². The van der Waals surface area contributed by atoms with E-state index in [4.69, 9.17) is 0 Å². The molecular formula is C16H24N2. The van der Waals surface area contributed by atoms with Crippen molar-refractivity contribution in [2.24, 2.45) is 5.92 Å². The molecule has 0 spiro atoms.